The predicted molar refractivity (Wildman–Crippen MR) is 123 cm³/mol. The van der Waals surface area contributed by atoms with Crippen LogP contribution >= 0.6 is 0 Å². The molecule has 34 heavy (non-hydrogen) atoms. The molecule has 9 nitrogen and oxygen atoms in total. The van der Waals surface area contributed by atoms with Gasteiger partial charge in [0, 0.05) is 11.8 Å². The number of fused-ring (bicyclic) bond motifs is 3. The van der Waals surface area contributed by atoms with Crippen molar-refractivity contribution >= 4 is 29.5 Å². The first-order valence-electron chi connectivity index (χ1n) is 10.8. The quantitative estimate of drug-likeness (QED) is 0.481. The smallest absolute Gasteiger partial charge is 0.240 e. The summed E-state index contributed by atoms with van der Waals surface area (Å²) in [7, 11) is 4.47. The number of methoxy groups -OCH3 is 3. The Bertz CT molecular complexity index is 1240. The molecule has 2 aromatic rings. The number of hydrogen-bond donors (Lipinski definition) is 0. The zero-order valence-electron chi connectivity index (χ0n) is 18.9. The number of hydrogen-bond acceptors (Lipinski definition) is 8. The Labute approximate surface area is 196 Å². The zero-order chi connectivity index (χ0) is 24.0. The van der Waals surface area contributed by atoms with Gasteiger partial charge in [0.05, 0.1) is 44.9 Å². The number of benzene rings is 2. The van der Waals surface area contributed by atoms with E-state index in [9.17, 15) is 14.4 Å². The van der Waals surface area contributed by atoms with Crippen molar-refractivity contribution in [3.63, 3.8) is 0 Å². The van der Waals surface area contributed by atoms with Gasteiger partial charge < -0.3 is 14.2 Å². The highest BCUT2D eigenvalue weighted by Gasteiger charge is 2.64. The van der Waals surface area contributed by atoms with Crippen molar-refractivity contribution in [3.05, 3.63) is 60.2 Å². The van der Waals surface area contributed by atoms with E-state index in [4.69, 9.17) is 14.2 Å². The van der Waals surface area contributed by atoms with Gasteiger partial charge >= 0.3 is 0 Å². The third-order valence-electron chi connectivity index (χ3n) is 6.55. The molecule has 9 heteroatoms. The largest absolute Gasteiger partial charge is 0.495 e. The molecule has 2 saturated heterocycles. The highest BCUT2D eigenvalue weighted by molar-refractivity contribution is 6.25. The number of ketones is 1. The lowest BCUT2D eigenvalue weighted by Crippen LogP contribution is -2.46. The van der Waals surface area contributed by atoms with Crippen molar-refractivity contribution in [1.29, 1.82) is 0 Å². The maximum absolute atomic E-state index is 13.8. The van der Waals surface area contributed by atoms with Crippen molar-refractivity contribution in [2.75, 3.05) is 26.2 Å². The van der Waals surface area contributed by atoms with Gasteiger partial charge in [-0.15, -0.1) is 0 Å². The summed E-state index contributed by atoms with van der Waals surface area (Å²) in [6, 6.07) is 10.2. The van der Waals surface area contributed by atoms with Crippen molar-refractivity contribution in [1.82, 2.24) is 5.01 Å². The molecule has 0 aliphatic carbocycles. The number of amides is 2. The van der Waals surface area contributed by atoms with Crippen LogP contribution in [0.15, 0.2) is 59.7 Å². The van der Waals surface area contributed by atoms with Gasteiger partial charge in [-0.25, -0.2) is 4.90 Å². The van der Waals surface area contributed by atoms with Crippen LogP contribution in [0.25, 0.3) is 0 Å². The molecule has 0 unspecified atom stereocenters. The Kier molecular flexibility index (Phi) is 5.31. The summed E-state index contributed by atoms with van der Waals surface area (Å²) in [6.45, 7) is 0. The molecule has 3 aliphatic rings. The molecule has 3 aliphatic heterocycles. The summed E-state index contributed by atoms with van der Waals surface area (Å²) >= 11 is 0. The number of para-hydroxylation sites is 2. The van der Waals surface area contributed by atoms with Crippen LogP contribution in [0.5, 0.6) is 17.2 Å². The van der Waals surface area contributed by atoms with E-state index < -0.39 is 29.8 Å². The summed E-state index contributed by atoms with van der Waals surface area (Å²) in [6.07, 6.45) is 5.09. The van der Waals surface area contributed by atoms with E-state index in [1.165, 1.54) is 21.3 Å². The van der Waals surface area contributed by atoms with E-state index >= 15 is 0 Å². The second kappa shape index (κ2) is 8.33. The Hall–Kier alpha value is -4.14. The monoisotopic (exact) mass is 461 g/mol. The standard InChI is InChI=1S/C25H23N3O6/c1-32-17-9-5-4-7-15(17)27-24(30)20-16-8-6-12-26-28(16)22(21(20)25(27)31)23(29)14-10-11-18(33-2)19(13-14)34-3/h4-13,16,20-22H,1-3H3/t16-,20+,21-,22+/m1/s1. The average molecular weight is 461 g/mol. The summed E-state index contributed by atoms with van der Waals surface area (Å²) in [5.41, 5.74) is 0.698. The minimum atomic E-state index is -0.953. The molecule has 0 bridgehead atoms. The predicted octanol–water partition coefficient (Wildman–Crippen LogP) is 2.31. The first kappa shape index (κ1) is 21.7. The van der Waals surface area contributed by atoms with E-state index in [-0.39, 0.29) is 11.7 Å². The Morgan fingerprint density at radius 1 is 0.882 bits per heavy atom. The Morgan fingerprint density at radius 3 is 2.32 bits per heavy atom. The number of carbonyl (C=O) groups excluding carboxylic acids is 3. The number of carbonyl (C=O) groups is 3. The van der Waals surface area contributed by atoms with E-state index in [1.54, 1.807) is 59.8 Å². The van der Waals surface area contributed by atoms with Gasteiger partial charge in [-0.1, -0.05) is 18.2 Å². The fourth-order valence-electron chi connectivity index (χ4n) is 5.05. The average Bonchev–Trinajstić information content (AvgIpc) is 3.35. The van der Waals surface area contributed by atoms with Crippen molar-refractivity contribution in [3.8, 4) is 17.2 Å². The molecule has 5 rings (SSSR count). The van der Waals surface area contributed by atoms with Crippen LogP contribution in [0.1, 0.15) is 10.4 Å². The normalized spacial score (nSPS) is 24.8. The second-order valence-electron chi connectivity index (χ2n) is 8.13. The summed E-state index contributed by atoms with van der Waals surface area (Å²) in [5.74, 6) is -1.52. The fourth-order valence-corrected chi connectivity index (χ4v) is 5.05. The van der Waals surface area contributed by atoms with Gasteiger partial charge in [-0.05, 0) is 36.4 Å². The summed E-state index contributed by atoms with van der Waals surface area (Å²) in [5, 5.41) is 5.95. The Morgan fingerprint density at radius 2 is 1.59 bits per heavy atom. The zero-order valence-corrected chi connectivity index (χ0v) is 18.9. The molecular weight excluding hydrogens is 438 g/mol. The highest BCUT2D eigenvalue weighted by atomic mass is 16.5. The fraction of sp³-hybridized carbons (Fsp3) is 0.280. The van der Waals surface area contributed by atoms with Crippen LogP contribution in [0.2, 0.25) is 0 Å². The molecule has 4 atom stereocenters. The number of nitrogens with zero attached hydrogens (tertiary/aromatic N) is 3. The number of hydrazone groups is 1. The van der Waals surface area contributed by atoms with Crippen molar-refractivity contribution < 1.29 is 28.6 Å². The third kappa shape index (κ3) is 3.07. The molecule has 0 spiro atoms. The van der Waals surface area contributed by atoms with Crippen LogP contribution in [0.4, 0.5) is 5.69 Å². The number of rotatable bonds is 6. The molecule has 0 saturated carbocycles. The number of imide groups is 1. The van der Waals surface area contributed by atoms with Crippen LogP contribution < -0.4 is 19.1 Å². The number of Topliss-reactive ketones (excluding diaryl/α,β-unsaturated/α-hetero) is 1. The first-order chi connectivity index (χ1) is 16.5. The molecule has 2 aromatic carbocycles. The maximum atomic E-state index is 13.8. The summed E-state index contributed by atoms with van der Waals surface area (Å²) < 4.78 is 16.0. The number of ether oxygens (including phenoxy) is 3. The highest BCUT2D eigenvalue weighted by Crippen LogP contribution is 2.47. The molecule has 0 aromatic heterocycles. The lowest BCUT2D eigenvalue weighted by atomic mass is 9.86. The van der Waals surface area contributed by atoms with Gasteiger partial charge in [0.25, 0.3) is 0 Å². The van der Waals surface area contributed by atoms with Gasteiger partial charge in [0.1, 0.15) is 11.8 Å². The SMILES string of the molecule is COc1ccc(C(=O)[C@@H]2[C@@H]3C(=O)N(c4ccccc4OC)C(=O)[C@H]3[C@H]3C=CC=NN32)cc1OC. The molecule has 2 amide bonds. The maximum Gasteiger partial charge on any atom is 0.240 e. The number of allylic oxidation sites excluding steroid dienone is 1. The van der Waals surface area contributed by atoms with Crippen LogP contribution in [0, 0.1) is 11.8 Å². The van der Waals surface area contributed by atoms with Gasteiger partial charge in [0.15, 0.2) is 17.3 Å². The van der Waals surface area contributed by atoms with E-state index in [1.807, 2.05) is 6.08 Å². The molecule has 3 heterocycles. The van der Waals surface area contributed by atoms with Crippen molar-refractivity contribution in [2.24, 2.45) is 16.9 Å². The van der Waals surface area contributed by atoms with Gasteiger partial charge in [0.2, 0.25) is 11.8 Å². The van der Waals surface area contributed by atoms with Crippen LogP contribution in [-0.4, -0.2) is 62.2 Å². The lowest BCUT2D eigenvalue weighted by molar-refractivity contribution is -0.123. The second-order valence-corrected chi connectivity index (χ2v) is 8.13. The van der Waals surface area contributed by atoms with Crippen molar-refractivity contribution in [2.45, 2.75) is 12.1 Å². The van der Waals surface area contributed by atoms with E-state index in [0.717, 1.165) is 4.90 Å². The van der Waals surface area contributed by atoms with Crippen LogP contribution in [-0.2, 0) is 9.59 Å². The molecule has 0 radical (unpaired) electrons. The molecule has 174 valence electrons. The van der Waals surface area contributed by atoms with Gasteiger partial charge in [-0.2, -0.15) is 5.10 Å². The topological polar surface area (TPSA) is 97.7 Å². The first-order valence-corrected chi connectivity index (χ1v) is 10.8. The Balaban J connectivity index is 1.58. The lowest BCUT2D eigenvalue weighted by Gasteiger charge is -2.30. The minimum Gasteiger partial charge on any atom is -0.495 e. The van der Waals surface area contributed by atoms with Gasteiger partial charge in [-0.3, -0.25) is 19.4 Å². The molecular formula is C25H23N3O6. The van der Waals surface area contributed by atoms with E-state index in [2.05, 4.69) is 5.10 Å². The van der Waals surface area contributed by atoms with E-state index in [0.29, 0.717) is 28.5 Å². The summed E-state index contributed by atoms with van der Waals surface area (Å²) in [4.78, 5) is 42.3. The van der Waals surface area contributed by atoms with Crippen LogP contribution in [0.3, 0.4) is 0 Å². The number of anilines is 1. The minimum absolute atomic E-state index is 0.325. The molecule has 0 N–H and O–H groups in total. The molecule has 2 fully saturated rings. The third-order valence-corrected chi connectivity index (χ3v) is 6.55.